The van der Waals surface area contributed by atoms with Gasteiger partial charge in [-0.3, -0.25) is 4.79 Å². The van der Waals surface area contributed by atoms with E-state index in [-0.39, 0.29) is 11.5 Å². The van der Waals surface area contributed by atoms with E-state index in [9.17, 15) is 9.59 Å². The number of amides is 1. The van der Waals surface area contributed by atoms with Crippen LogP contribution in [0.3, 0.4) is 0 Å². The van der Waals surface area contributed by atoms with E-state index in [1.807, 2.05) is 6.08 Å². The van der Waals surface area contributed by atoms with Crippen molar-refractivity contribution >= 4 is 11.9 Å². The highest BCUT2D eigenvalue weighted by Crippen LogP contribution is 2.20. The molecule has 0 saturated carbocycles. The topological polar surface area (TPSA) is 89.6 Å². The second-order valence-corrected chi connectivity index (χ2v) is 6.44. The van der Waals surface area contributed by atoms with E-state index in [1.54, 1.807) is 14.0 Å². The van der Waals surface area contributed by atoms with Gasteiger partial charge in [-0.05, 0) is 45.1 Å². The summed E-state index contributed by atoms with van der Waals surface area (Å²) in [6.45, 7) is 9.55. The predicted molar refractivity (Wildman–Crippen MR) is 94.1 cm³/mol. The first kappa shape index (κ1) is 23.6. The molecule has 0 aromatic carbocycles. The molecule has 1 amide bonds. The van der Waals surface area contributed by atoms with Crippen molar-refractivity contribution in [2.75, 3.05) is 7.11 Å². The number of carboxylic acids is 1. The van der Waals surface area contributed by atoms with Gasteiger partial charge in [0.2, 0.25) is 5.91 Å². The molecule has 0 bridgehead atoms. The summed E-state index contributed by atoms with van der Waals surface area (Å²) in [7, 11) is 1.75. The molecule has 3 N–H and O–H groups in total. The lowest BCUT2D eigenvalue weighted by Crippen LogP contribution is -2.22. The first-order chi connectivity index (χ1) is 10.5. The number of aliphatic carboxylic acids is 1. The molecule has 0 fully saturated rings. The number of hydrogen-bond acceptors (Lipinski definition) is 3. The fraction of sp³-hybridized carbons (Fsp3) is 0.667. The molecule has 0 aromatic heterocycles. The van der Waals surface area contributed by atoms with Crippen LogP contribution < -0.4 is 5.73 Å². The Labute approximate surface area is 140 Å². The summed E-state index contributed by atoms with van der Waals surface area (Å²) in [5.41, 5.74) is 5.22. The lowest BCUT2D eigenvalue weighted by atomic mass is 9.95. The van der Waals surface area contributed by atoms with E-state index in [1.165, 1.54) is 19.4 Å². The Morgan fingerprint density at radius 1 is 1.30 bits per heavy atom. The highest BCUT2D eigenvalue weighted by Gasteiger charge is 2.15. The van der Waals surface area contributed by atoms with E-state index in [0.29, 0.717) is 5.92 Å². The molecule has 23 heavy (non-hydrogen) atoms. The molecule has 1 unspecified atom stereocenters. The normalized spacial score (nSPS) is 13.4. The van der Waals surface area contributed by atoms with Gasteiger partial charge in [-0.15, -0.1) is 0 Å². The molecule has 0 spiro atoms. The van der Waals surface area contributed by atoms with E-state index in [2.05, 4.69) is 32.6 Å². The molecule has 0 aliphatic rings. The van der Waals surface area contributed by atoms with Crippen LogP contribution in [0.4, 0.5) is 0 Å². The maximum atomic E-state index is 10.4. The van der Waals surface area contributed by atoms with Crippen molar-refractivity contribution in [3.05, 3.63) is 23.8 Å². The molecular formula is C18H33NO4. The lowest BCUT2D eigenvalue weighted by molar-refractivity contribution is -0.131. The number of rotatable bonds is 9. The predicted octanol–water partition coefficient (Wildman–Crippen LogP) is 3.69. The average molecular weight is 327 g/mol. The molecule has 0 aromatic rings. The monoisotopic (exact) mass is 327 g/mol. The van der Waals surface area contributed by atoms with Gasteiger partial charge >= 0.3 is 5.97 Å². The highest BCUT2D eigenvalue weighted by molar-refractivity contribution is 5.81. The number of nitrogens with two attached hydrogens (primary N) is 1. The van der Waals surface area contributed by atoms with Crippen LogP contribution in [0.2, 0.25) is 0 Å². The number of carbonyl (C=O) groups excluding carboxylic acids is 1. The minimum Gasteiger partial charge on any atom is -0.478 e. The van der Waals surface area contributed by atoms with Crippen LogP contribution in [-0.2, 0) is 14.3 Å². The van der Waals surface area contributed by atoms with Gasteiger partial charge in [-0.25, -0.2) is 4.79 Å². The van der Waals surface area contributed by atoms with Gasteiger partial charge in [-0.2, -0.15) is 0 Å². The second kappa shape index (κ2) is 12.9. The maximum absolute atomic E-state index is 10.4. The summed E-state index contributed by atoms with van der Waals surface area (Å²) >= 11 is 0. The van der Waals surface area contributed by atoms with Crippen molar-refractivity contribution in [3.8, 4) is 0 Å². The smallest absolute Gasteiger partial charge is 0.328 e. The lowest BCUT2D eigenvalue weighted by Gasteiger charge is -2.23. The van der Waals surface area contributed by atoms with Crippen molar-refractivity contribution in [3.63, 3.8) is 0 Å². The molecule has 1 atom stereocenters. The van der Waals surface area contributed by atoms with Crippen LogP contribution in [0, 0.1) is 5.92 Å². The molecule has 0 radical (unpaired) electrons. The van der Waals surface area contributed by atoms with Crippen molar-refractivity contribution in [2.45, 2.75) is 65.9 Å². The van der Waals surface area contributed by atoms with Crippen LogP contribution in [0.5, 0.6) is 0 Å². The molecular weight excluding hydrogens is 294 g/mol. The minimum absolute atomic E-state index is 0.0314. The van der Waals surface area contributed by atoms with Gasteiger partial charge in [0.05, 0.1) is 5.60 Å². The van der Waals surface area contributed by atoms with Gasteiger partial charge in [0.25, 0.3) is 0 Å². The van der Waals surface area contributed by atoms with Crippen LogP contribution in [0.15, 0.2) is 23.8 Å². The van der Waals surface area contributed by atoms with Gasteiger partial charge in [0, 0.05) is 20.1 Å². The third-order valence-corrected chi connectivity index (χ3v) is 3.30. The summed E-state index contributed by atoms with van der Waals surface area (Å²) in [4.78, 5) is 19.7. The van der Waals surface area contributed by atoms with Gasteiger partial charge in [0.1, 0.15) is 0 Å². The van der Waals surface area contributed by atoms with E-state index in [4.69, 9.17) is 9.84 Å². The second-order valence-electron chi connectivity index (χ2n) is 6.44. The van der Waals surface area contributed by atoms with Crippen molar-refractivity contribution in [2.24, 2.45) is 11.7 Å². The molecule has 134 valence electrons. The molecule has 5 heteroatoms. The van der Waals surface area contributed by atoms with Crippen LogP contribution in [-0.4, -0.2) is 29.7 Å². The zero-order valence-corrected chi connectivity index (χ0v) is 15.4. The van der Waals surface area contributed by atoms with Gasteiger partial charge < -0.3 is 15.6 Å². The van der Waals surface area contributed by atoms with Crippen LogP contribution in [0.25, 0.3) is 0 Å². The average Bonchev–Trinajstić information content (AvgIpc) is 2.36. The third kappa shape index (κ3) is 20.4. The zero-order valence-electron chi connectivity index (χ0n) is 15.4. The summed E-state index contributed by atoms with van der Waals surface area (Å²) in [5.74, 6) is -0.612. The number of primary amides is 1. The zero-order chi connectivity index (χ0) is 18.5. The minimum atomic E-state index is -0.892. The molecule has 0 heterocycles. The number of ether oxygens (including phenoxy) is 1. The molecule has 5 nitrogen and oxygen atoms in total. The largest absolute Gasteiger partial charge is 0.478 e. The van der Waals surface area contributed by atoms with Crippen LogP contribution in [0.1, 0.15) is 60.3 Å². The fourth-order valence-electron chi connectivity index (χ4n) is 1.83. The Hall–Kier alpha value is -1.62. The standard InChI is InChI=1S/C16H28O3.C2H5NO/c1-13(10-7-11-16(3,4)19-5)8-6-9-14(2)12-15(17)18;1-2(3)4/h6,9,12-13H,7-8,10-11H2,1-5H3,(H,17,18);1H3,(H2,3,4). The van der Waals surface area contributed by atoms with Gasteiger partial charge in [0.15, 0.2) is 0 Å². The van der Waals surface area contributed by atoms with E-state index < -0.39 is 5.97 Å². The van der Waals surface area contributed by atoms with Crippen molar-refractivity contribution in [1.82, 2.24) is 0 Å². The Balaban J connectivity index is 0. The number of hydrogen-bond donors (Lipinski definition) is 2. The Morgan fingerprint density at radius 3 is 2.26 bits per heavy atom. The molecule has 0 rings (SSSR count). The number of carbonyl (C=O) groups is 2. The number of carboxylic acid groups (broad SMARTS) is 1. The van der Waals surface area contributed by atoms with E-state index >= 15 is 0 Å². The molecule has 0 aliphatic carbocycles. The molecule has 0 saturated heterocycles. The van der Waals surface area contributed by atoms with Crippen LogP contribution >= 0.6 is 0 Å². The quantitative estimate of drug-likeness (QED) is 0.499. The Bertz CT molecular complexity index is 407. The highest BCUT2D eigenvalue weighted by atomic mass is 16.5. The third-order valence-electron chi connectivity index (χ3n) is 3.30. The Kier molecular flexibility index (Phi) is 13.2. The number of allylic oxidation sites excluding steroid dienone is 3. The summed E-state index contributed by atoms with van der Waals surface area (Å²) in [6, 6.07) is 0. The summed E-state index contributed by atoms with van der Waals surface area (Å²) < 4.78 is 5.39. The van der Waals surface area contributed by atoms with Crippen molar-refractivity contribution in [1.29, 1.82) is 0 Å². The van der Waals surface area contributed by atoms with E-state index in [0.717, 1.165) is 24.8 Å². The van der Waals surface area contributed by atoms with Crippen molar-refractivity contribution < 1.29 is 19.4 Å². The summed E-state index contributed by atoms with van der Waals surface area (Å²) in [6.07, 6.45) is 9.53. The fourth-order valence-corrected chi connectivity index (χ4v) is 1.83. The summed E-state index contributed by atoms with van der Waals surface area (Å²) in [5, 5.41) is 8.59. The molecule has 0 aliphatic heterocycles. The maximum Gasteiger partial charge on any atom is 0.328 e. The first-order valence-electron chi connectivity index (χ1n) is 7.89. The van der Waals surface area contributed by atoms with Gasteiger partial charge in [-0.1, -0.05) is 31.9 Å². The SMILES string of the molecule is CC(N)=O.COC(C)(C)CCCC(C)CC=CC(C)=CC(=O)O. The first-order valence-corrected chi connectivity index (χ1v) is 7.89. The number of methoxy groups -OCH3 is 1. The Morgan fingerprint density at radius 2 is 1.83 bits per heavy atom.